The minimum atomic E-state index is -0.481. The van der Waals surface area contributed by atoms with Gasteiger partial charge in [-0.25, -0.2) is 4.98 Å². The van der Waals surface area contributed by atoms with Crippen molar-refractivity contribution in [1.82, 2.24) is 14.9 Å². The van der Waals surface area contributed by atoms with E-state index in [1.807, 2.05) is 41.1 Å². The van der Waals surface area contributed by atoms with Gasteiger partial charge in [0, 0.05) is 25.5 Å². The molecule has 1 unspecified atom stereocenters. The SMILES string of the molecule is NC(=S)C(Cc1ccccc1)C(=O)NCCn1ccnc1. The molecule has 6 heteroatoms. The third-order valence-corrected chi connectivity index (χ3v) is 3.46. The van der Waals surface area contributed by atoms with Crippen molar-refractivity contribution in [3.05, 3.63) is 54.6 Å². The van der Waals surface area contributed by atoms with Gasteiger partial charge in [0.05, 0.1) is 17.2 Å². The minimum absolute atomic E-state index is 0.133. The van der Waals surface area contributed by atoms with Gasteiger partial charge in [-0.1, -0.05) is 42.5 Å². The van der Waals surface area contributed by atoms with Gasteiger partial charge in [-0.2, -0.15) is 0 Å². The molecule has 0 fully saturated rings. The summed E-state index contributed by atoms with van der Waals surface area (Å²) < 4.78 is 1.90. The molecule has 0 aliphatic heterocycles. The minimum Gasteiger partial charge on any atom is -0.393 e. The van der Waals surface area contributed by atoms with Gasteiger partial charge in [0.2, 0.25) is 5.91 Å². The van der Waals surface area contributed by atoms with E-state index in [4.69, 9.17) is 18.0 Å². The molecule has 2 aromatic rings. The third kappa shape index (κ3) is 4.68. The maximum absolute atomic E-state index is 12.2. The second kappa shape index (κ2) is 7.54. The second-order valence-corrected chi connectivity index (χ2v) is 5.21. The van der Waals surface area contributed by atoms with Crippen LogP contribution in [0.15, 0.2) is 49.1 Å². The van der Waals surface area contributed by atoms with Crippen LogP contribution in [0.3, 0.4) is 0 Å². The van der Waals surface area contributed by atoms with Crippen molar-refractivity contribution in [3.8, 4) is 0 Å². The highest BCUT2D eigenvalue weighted by Crippen LogP contribution is 2.09. The molecule has 5 nitrogen and oxygen atoms in total. The van der Waals surface area contributed by atoms with E-state index in [1.165, 1.54) is 0 Å². The van der Waals surface area contributed by atoms with Crippen molar-refractivity contribution in [2.75, 3.05) is 6.54 Å². The van der Waals surface area contributed by atoms with E-state index >= 15 is 0 Å². The predicted molar refractivity (Wildman–Crippen MR) is 85.7 cm³/mol. The van der Waals surface area contributed by atoms with Gasteiger partial charge in [0.25, 0.3) is 0 Å². The van der Waals surface area contributed by atoms with Crippen LogP contribution in [0.5, 0.6) is 0 Å². The number of benzene rings is 1. The van der Waals surface area contributed by atoms with Crippen LogP contribution in [0.1, 0.15) is 5.56 Å². The van der Waals surface area contributed by atoms with Gasteiger partial charge in [-0.05, 0) is 12.0 Å². The summed E-state index contributed by atoms with van der Waals surface area (Å²) in [6, 6.07) is 9.73. The van der Waals surface area contributed by atoms with Gasteiger partial charge in [-0.3, -0.25) is 4.79 Å². The molecular weight excluding hydrogens is 284 g/mol. The van der Waals surface area contributed by atoms with Gasteiger partial charge >= 0.3 is 0 Å². The van der Waals surface area contributed by atoms with Crippen LogP contribution in [0.4, 0.5) is 0 Å². The summed E-state index contributed by atoms with van der Waals surface area (Å²) in [6.07, 6.45) is 5.78. The fraction of sp³-hybridized carbons (Fsp3) is 0.267. The number of hydrogen-bond acceptors (Lipinski definition) is 3. The predicted octanol–water partition coefficient (Wildman–Crippen LogP) is 1.14. The molecule has 0 bridgehead atoms. The van der Waals surface area contributed by atoms with E-state index in [0.717, 1.165) is 5.56 Å². The van der Waals surface area contributed by atoms with E-state index in [-0.39, 0.29) is 10.9 Å². The normalized spacial score (nSPS) is 11.8. The Morgan fingerprint density at radius 2 is 2.14 bits per heavy atom. The molecule has 0 saturated heterocycles. The van der Waals surface area contributed by atoms with Crippen LogP contribution in [0, 0.1) is 5.92 Å². The molecular formula is C15H18N4OS. The van der Waals surface area contributed by atoms with Crippen molar-refractivity contribution in [2.24, 2.45) is 11.7 Å². The highest BCUT2D eigenvalue weighted by atomic mass is 32.1. The quantitative estimate of drug-likeness (QED) is 0.752. The summed E-state index contributed by atoms with van der Waals surface area (Å²) in [7, 11) is 0. The fourth-order valence-electron chi connectivity index (χ4n) is 2.02. The largest absolute Gasteiger partial charge is 0.393 e. The maximum atomic E-state index is 12.2. The molecule has 0 radical (unpaired) electrons. The number of aromatic nitrogens is 2. The summed E-state index contributed by atoms with van der Waals surface area (Å²) in [5.74, 6) is -0.614. The lowest BCUT2D eigenvalue weighted by Crippen LogP contribution is -2.40. The second-order valence-electron chi connectivity index (χ2n) is 4.74. The summed E-state index contributed by atoms with van der Waals surface area (Å²) in [5.41, 5.74) is 6.75. The number of carbonyl (C=O) groups excluding carboxylic acids is 1. The molecule has 2 rings (SSSR count). The van der Waals surface area contributed by atoms with Crippen LogP contribution in [-0.2, 0) is 17.8 Å². The average molecular weight is 302 g/mol. The molecule has 3 N–H and O–H groups in total. The van der Waals surface area contributed by atoms with E-state index in [0.29, 0.717) is 19.5 Å². The summed E-state index contributed by atoms with van der Waals surface area (Å²) in [6.45, 7) is 1.18. The molecule has 0 saturated carbocycles. The molecule has 21 heavy (non-hydrogen) atoms. The highest BCUT2D eigenvalue weighted by Gasteiger charge is 2.21. The molecule has 0 aliphatic carbocycles. The lowest BCUT2D eigenvalue weighted by atomic mass is 9.98. The van der Waals surface area contributed by atoms with Gasteiger partial charge < -0.3 is 15.6 Å². The molecule has 1 aromatic heterocycles. The van der Waals surface area contributed by atoms with E-state index in [9.17, 15) is 4.79 Å². The number of carbonyl (C=O) groups is 1. The van der Waals surface area contributed by atoms with Gasteiger partial charge in [0.15, 0.2) is 0 Å². The first-order chi connectivity index (χ1) is 10.2. The standard InChI is InChI=1S/C15H18N4OS/c16-14(21)13(10-12-4-2-1-3-5-12)15(20)18-7-9-19-8-6-17-11-19/h1-6,8,11,13H,7,9-10H2,(H2,16,21)(H,18,20). The van der Waals surface area contributed by atoms with Crippen molar-refractivity contribution >= 4 is 23.1 Å². The summed E-state index contributed by atoms with van der Waals surface area (Å²) in [4.78, 5) is 16.4. The Morgan fingerprint density at radius 1 is 1.38 bits per heavy atom. The zero-order valence-electron chi connectivity index (χ0n) is 11.6. The van der Waals surface area contributed by atoms with Crippen LogP contribution in [0.25, 0.3) is 0 Å². The number of rotatable bonds is 7. The molecule has 1 amide bonds. The Morgan fingerprint density at radius 3 is 2.76 bits per heavy atom. The maximum Gasteiger partial charge on any atom is 0.230 e. The number of imidazole rings is 1. The molecule has 0 aliphatic rings. The topological polar surface area (TPSA) is 72.9 Å². The van der Waals surface area contributed by atoms with Crippen molar-refractivity contribution in [3.63, 3.8) is 0 Å². The molecule has 1 aromatic carbocycles. The van der Waals surface area contributed by atoms with Gasteiger partial charge in [-0.15, -0.1) is 0 Å². The zero-order chi connectivity index (χ0) is 15.1. The van der Waals surface area contributed by atoms with E-state index in [2.05, 4.69) is 10.3 Å². The van der Waals surface area contributed by atoms with Crippen LogP contribution >= 0.6 is 12.2 Å². The number of nitrogens with one attached hydrogen (secondary N) is 1. The molecule has 1 atom stereocenters. The number of amides is 1. The van der Waals surface area contributed by atoms with E-state index < -0.39 is 5.92 Å². The summed E-state index contributed by atoms with van der Waals surface area (Å²) >= 11 is 5.02. The average Bonchev–Trinajstić information content (AvgIpc) is 2.98. The first-order valence-corrected chi connectivity index (χ1v) is 7.14. The first-order valence-electron chi connectivity index (χ1n) is 6.73. The fourth-order valence-corrected chi connectivity index (χ4v) is 2.21. The molecule has 0 spiro atoms. The zero-order valence-corrected chi connectivity index (χ0v) is 12.4. The van der Waals surface area contributed by atoms with E-state index in [1.54, 1.807) is 12.5 Å². The van der Waals surface area contributed by atoms with Crippen molar-refractivity contribution < 1.29 is 4.79 Å². The Bertz CT molecular complexity index is 583. The third-order valence-electron chi connectivity index (χ3n) is 3.17. The Hall–Kier alpha value is -2.21. The van der Waals surface area contributed by atoms with Crippen molar-refractivity contribution in [1.29, 1.82) is 0 Å². The molecule has 110 valence electrons. The van der Waals surface area contributed by atoms with Crippen LogP contribution in [-0.4, -0.2) is 27.0 Å². The smallest absolute Gasteiger partial charge is 0.230 e. The van der Waals surface area contributed by atoms with Gasteiger partial charge in [0.1, 0.15) is 0 Å². The van der Waals surface area contributed by atoms with Crippen LogP contribution in [0.2, 0.25) is 0 Å². The number of thiocarbonyl (C=S) groups is 1. The number of nitrogens with two attached hydrogens (primary N) is 1. The first kappa shape index (κ1) is 15.2. The Balaban J connectivity index is 1.88. The summed E-state index contributed by atoms with van der Waals surface area (Å²) in [5, 5.41) is 2.87. The van der Waals surface area contributed by atoms with Crippen molar-refractivity contribution in [2.45, 2.75) is 13.0 Å². The lowest BCUT2D eigenvalue weighted by Gasteiger charge is -2.15. The monoisotopic (exact) mass is 302 g/mol. The number of nitrogens with zero attached hydrogens (tertiary/aromatic N) is 2. The Labute approximate surface area is 129 Å². The Kier molecular flexibility index (Phi) is 5.45. The number of hydrogen-bond donors (Lipinski definition) is 2. The molecule has 1 heterocycles. The van der Waals surface area contributed by atoms with Crippen LogP contribution < -0.4 is 11.1 Å². The lowest BCUT2D eigenvalue weighted by molar-refractivity contribution is -0.123. The highest BCUT2D eigenvalue weighted by molar-refractivity contribution is 7.80.